The number of H-pyrrole nitrogens is 1. The molecule has 0 aromatic carbocycles. The van der Waals surface area contributed by atoms with Crippen LogP contribution in [0.1, 0.15) is 20.3 Å². The number of hydrogen-bond donors (Lipinski definition) is 1. The Morgan fingerprint density at radius 2 is 2.16 bits per heavy atom. The molecule has 8 heteroatoms. The van der Waals surface area contributed by atoms with Gasteiger partial charge in [-0.05, 0) is 20.3 Å². The van der Waals surface area contributed by atoms with Crippen LogP contribution >= 0.6 is 0 Å². The first kappa shape index (κ1) is 15.7. The zero-order valence-electron chi connectivity index (χ0n) is 14.1. The molecule has 1 N–H and O–H groups in total. The smallest absolute Gasteiger partial charge is 0.214 e. The monoisotopic (exact) mass is 342 g/mol. The number of ether oxygens (including phenoxy) is 1. The van der Waals surface area contributed by atoms with Crippen LogP contribution in [0.15, 0.2) is 24.7 Å². The van der Waals surface area contributed by atoms with Crippen molar-refractivity contribution in [1.29, 1.82) is 0 Å². The summed E-state index contributed by atoms with van der Waals surface area (Å²) < 4.78 is 19.1. The third-order valence-electron chi connectivity index (χ3n) is 4.13. The highest BCUT2D eigenvalue weighted by atomic mass is 19.1. The minimum Gasteiger partial charge on any atom is -0.475 e. The molecule has 0 amide bonds. The molecule has 4 heterocycles. The van der Waals surface area contributed by atoms with Gasteiger partial charge in [0.05, 0.1) is 30.1 Å². The largest absolute Gasteiger partial charge is 0.475 e. The van der Waals surface area contributed by atoms with Crippen LogP contribution in [-0.2, 0) is 0 Å². The lowest BCUT2D eigenvalue weighted by molar-refractivity contribution is 0.233. The summed E-state index contributed by atoms with van der Waals surface area (Å²) >= 11 is 0. The highest BCUT2D eigenvalue weighted by Crippen LogP contribution is 2.29. The summed E-state index contributed by atoms with van der Waals surface area (Å²) in [5.74, 6) is 1.26. The molecule has 130 valence electrons. The minimum atomic E-state index is -0.800. The number of hydrogen-bond acceptors (Lipinski definition) is 6. The van der Waals surface area contributed by atoms with Gasteiger partial charge in [-0.3, -0.25) is 5.10 Å². The van der Waals surface area contributed by atoms with Gasteiger partial charge in [0.2, 0.25) is 5.88 Å². The molecule has 0 saturated carbocycles. The van der Waals surface area contributed by atoms with Crippen LogP contribution in [0.5, 0.6) is 5.88 Å². The van der Waals surface area contributed by atoms with Crippen molar-refractivity contribution in [3.63, 3.8) is 0 Å². The molecule has 1 fully saturated rings. The predicted octanol–water partition coefficient (Wildman–Crippen LogP) is 2.75. The lowest BCUT2D eigenvalue weighted by Gasteiger charge is -2.16. The Kier molecular flexibility index (Phi) is 3.95. The first-order chi connectivity index (χ1) is 12.1. The number of pyridine rings is 1. The van der Waals surface area contributed by atoms with Crippen LogP contribution in [0.3, 0.4) is 0 Å². The summed E-state index contributed by atoms with van der Waals surface area (Å²) in [4.78, 5) is 14.8. The SMILES string of the molecule is CC(C)Oc1cc2c(-c3cc(N4CCC(F)C4)ncn3)n[nH]c2cn1. The maximum absolute atomic E-state index is 13.5. The second-order valence-electron chi connectivity index (χ2n) is 6.40. The van der Waals surface area contributed by atoms with Gasteiger partial charge in [-0.2, -0.15) is 5.10 Å². The van der Waals surface area contributed by atoms with Crippen molar-refractivity contribution in [3.05, 3.63) is 24.7 Å². The minimum absolute atomic E-state index is 0.0368. The van der Waals surface area contributed by atoms with E-state index in [0.717, 1.165) is 10.9 Å². The van der Waals surface area contributed by atoms with Gasteiger partial charge in [0, 0.05) is 24.1 Å². The zero-order valence-corrected chi connectivity index (χ0v) is 14.1. The second-order valence-corrected chi connectivity index (χ2v) is 6.40. The Balaban J connectivity index is 1.71. The maximum atomic E-state index is 13.5. The van der Waals surface area contributed by atoms with Crippen molar-refractivity contribution in [2.75, 3.05) is 18.0 Å². The van der Waals surface area contributed by atoms with Crippen LogP contribution in [0.2, 0.25) is 0 Å². The lowest BCUT2D eigenvalue weighted by atomic mass is 10.2. The number of anilines is 1. The molecule has 4 rings (SSSR count). The van der Waals surface area contributed by atoms with E-state index in [0.29, 0.717) is 42.6 Å². The molecule has 3 aromatic heterocycles. The van der Waals surface area contributed by atoms with E-state index in [4.69, 9.17) is 4.74 Å². The van der Waals surface area contributed by atoms with Gasteiger partial charge >= 0.3 is 0 Å². The van der Waals surface area contributed by atoms with Crippen LogP contribution in [0.25, 0.3) is 22.3 Å². The average molecular weight is 342 g/mol. The van der Waals surface area contributed by atoms with Crippen LogP contribution in [-0.4, -0.2) is 50.5 Å². The van der Waals surface area contributed by atoms with Crippen molar-refractivity contribution in [2.45, 2.75) is 32.5 Å². The van der Waals surface area contributed by atoms with Crippen LogP contribution in [0, 0.1) is 0 Å². The maximum Gasteiger partial charge on any atom is 0.214 e. The summed E-state index contributed by atoms with van der Waals surface area (Å²) in [5.41, 5.74) is 2.18. The van der Waals surface area contributed by atoms with E-state index >= 15 is 0 Å². The van der Waals surface area contributed by atoms with Crippen molar-refractivity contribution in [2.24, 2.45) is 0 Å². The Bertz CT molecular complexity index is 896. The van der Waals surface area contributed by atoms with E-state index < -0.39 is 6.17 Å². The average Bonchev–Trinajstić information content (AvgIpc) is 3.20. The quantitative estimate of drug-likeness (QED) is 0.785. The number of rotatable bonds is 4. The number of nitrogens with one attached hydrogen (secondary N) is 1. The second kappa shape index (κ2) is 6.27. The van der Waals surface area contributed by atoms with E-state index in [2.05, 4.69) is 25.1 Å². The number of halogens is 1. The molecule has 0 bridgehead atoms. The molecule has 1 unspecified atom stereocenters. The zero-order chi connectivity index (χ0) is 17.4. The fourth-order valence-corrected chi connectivity index (χ4v) is 2.97. The van der Waals surface area contributed by atoms with E-state index in [-0.39, 0.29) is 6.10 Å². The fraction of sp³-hybridized carbons (Fsp3) is 0.412. The van der Waals surface area contributed by atoms with E-state index in [1.807, 2.05) is 30.9 Å². The van der Waals surface area contributed by atoms with Gasteiger partial charge in [0.25, 0.3) is 0 Å². The summed E-state index contributed by atoms with van der Waals surface area (Å²) in [6.07, 6.45) is 2.96. The van der Waals surface area contributed by atoms with Gasteiger partial charge in [-0.15, -0.1) is 0 Å². The van der Waals surface area contributed by atoms with E-state index in [1.54, 1.807) is 6.20 Å². The third kappa shape index (κ3) is 3.11. The molecule has 25 heavy (non-hydrogen) atoms. The van der Waals surface area contributed by atoms with E-state index in [9.17, 15) is 4.39 Å². The van der Waals surface area contributed by atoms with Gasteiger partial charge in [0.1, 0.15) is 24.0 Å². The van der Waals surface area contributed by atoms with Gasteiger partial charge < -0.3 is 9.64 Å². The van der Waals surface area contributed by atoms with Crippen LogP contribution in [0.4, 0.5) is 10.2 Å². The molecule has 0 spiro atoms. The molecular formula is C17H19FN6O. The third-order valence-corrected chi connectivity index (χ3v) is 4.13. The number of nitrogens with zero attached hydrogens (tertiary/aromatic N) is 5. The van der Waals surface area contributed by atoms with Crippen molar-refractivity contribution in [3.8, 4) is 17.3 Å². The first-order valence-corrected chi connectivity index (χ1v) is 8.32. The van der Waals surface area contributed by atoms with Gasteiger partial charge in [-0.1, -0.05) is 0 Å². The fourth-order valence-electron chi connectivity index (χ4n) is 2.97. The van der Waals surface area contributed by atoms with Gasteiger partial charge in [-0.25, -0.2) is 19.3 Å². The number of fused-ring (bicyclic) bond motifs is 1. The van der Waals surface area contributed by atoms with Crippen molar-refractivity contribution >= 4 is 16.7 Å². The highest BCUT2D eigenvalue weighted by Gasteiger charge is 2.23. The summed E-state index contributed by atoms with van der Waals surface area (Å²) in [6, 6.07) is 3.69. The first-order valence-electron chi connectivity index (χ1n) is 8.32. The Labute approximate surface area is 144 Å². The molecule has 1 aliphatic rings. The molecule has 7 nitrogen and oxygen atoms in total. The summed E-state index contributed by atoms with van der Waals surface area (Å²) in [7, 11) is 0. The molecule has 1 atom stereocenters. The standard InChI is InChI=1S/C17H19FN6O/c1-10(2)25-16-5-12-14(7-19-16)22-23-17(12)13-6-15(21-9-20-13)24-4-3-11(18)8-24/h5-7,9-11H,3-4,8H2,1-2H3,(H,22,23). The Morgan fingerprint density at radius 1 is 1.28 bits per heavy atom. The summed E-state index contributed by atoms with van der Waals surface area (Å²) in [6.45, 7) is 4.93. The number of alkyl halides is 1. The Hall–Kier alpha value is -2.77. The summed E-state index contributed by atoms with van der Waals surface area (Å²) in [5, 5.41) is 8.20. The van der Waals surface area contributed by atoms with Crippen molar-refractivity contribution in [1.82, 2.24) is 25.1 Å². The molecule has 0 aliphatic carbocycles. The normalized spacial score (nSPS) is 17.6. The molecular weight excluding hydrogens is 323 g/mol. The predicted molar refractivity (Wildman–Crippen MR) is 92.4 cm³/mol. The molecule has 3 aromatic rings. The van der Waals surface area contributed by atoms with Gasteiger partial charge in [0.15, 0.2) is 0 Å². The highest BCUT2D eigenvalue weighted by molar-refractivity contribution is 5.92. The topological polar surface area (TPSA) is 79.8 Å². The Morgan fingerprint density at radius 3 is 2.92 bits per heavy atom. The number of aromatic amines is 1. The van der Waals surface area contributed by atoms with Crippen molar-refractivity contribution < 1.29 is 9.13 Å². The lowest BCUT2D eigenvalue weighted by Crippen LogP contribution is -2.21. The molecule has 0 radical (unpaired) electrons. The molecule has 1 saturated heterocycles. The van der Waals surface area contributed by atoms with Crippen LogP contribution < -0.4 is 9.64 Å². The molecule has 1 aliphatic heterocycles. The number of aromatic nitrogens is 5. The van der Waals surface area contributed by atoms with E-state index in [1.165, 1.54) is 6.33 Å².